The summed E-state index contributed by atoms with van der Waals surface area (Å²) in [6.45, 7) is 4.79. The first-order valence-electron chi connectivity index (χ1n) is 5.88. The molecule has 0 bridgehead atoms. The molecule has 0 spiro atoms. The summed E-state index contributed by atoms with van der Waals surface area (Å²) < 4.78 is 27.2. The number of rotatable bonds is 7. The Morgan fingerprint density at radius 1 is 1.33 bits per heavy atom. The fourth-order valence-corrected chi connectivity index (χ4v) is 3.09. The number of hydrogen-bond donors (Lipinski definition) is 2. The first-order chi connectivity index (χ1) is 8.39. The standard InChI is InChI=1S/C12H19IN2O2S/c1-10(2)14-7-4-8-18(16,17)15-12-6-3-5-11(13)9-12/h3,5-6,9-10,14-15H,4,7-8H2,1-2H3. The molecule has 1 aromatic rings. The Balaban J connectivity index is 2.45. The normalized spacial score (nSPS) is 11.8. The van der Waals surface area contributed by atoms with Crippen molar-refractivity contribution in [2.24, 2.45) is 0 Å². The largest absolute Gasteiger partial charge is 0.314 e. The molecule has 0 aliphatic carbocycles. The van der Waals surface area contributed by atoms with Crippen molar-refractivity contribution in [1.29, 1.82) is 0 Å². The molecule has 1 aromatic carbocycles. The minimum Gasteiger partial charge on any atom is -0.314 e. The summed E-state index contributed by atoms with van der Waals surface area (Å²) in [6.07, 6.45) is 0.609. The maximum atomic E-state index is 11.8. The Morgan fingerprint density at radius 3 is 2.67 bits per heavy atom. The van der Waals surface area contributed by atoms with Crippen LogP contribution >= 0.6 is 22.6 Å². The van der Waals surface area contributed by atoms with Crippen molar-refractivity contribution in [1.82, 2.24) is 5.32 Å². The van der Waals surface area contributed by atoms with Gasteiger partial charge >= 0.3 is 0 Å². The summed E-state index contributed by atoms with van der Waals surface area (Å²) in [5, 5.41) is 3.20. The van der Waals surface area contributed by atoms with Gasteiger partial charge in [0, 0.05) is 15.3 Å². The van der Waals surface area contributed by atoms with E-state index in [1.807, 2.05) is 32.0 Å². The van der Waals surface area contributed by atoms with Gasteiger partial charge in [0.05, 0.1) is 5.75 Å². The lowest BCUT2D eigenvalue weighted by atomic mass is 10.3. The summed E-state index contributed by atoms with van der Waals surface area (Å²) in [6, 6.07) is 7.71. The van der Waals surface area contributed by atoms with E-state index in [0.29, 0.717) is 24.7 Å². The summed E-state index contributed by atoms with van der Waals surface area (Å²) >= 11 is 2.15. The van der Waals surface area contributed by atoms with Gasteiger partial charge in [-0.15, -0.1) is 0 Å². The minimum atomic E-state index is -3.24. The summed E-state index contributed by atoms with van der Waals surface area (Å²) in [5.74, 6) is 0.137. The lowest BCUT2D eigenvalue weighted by Crippen LogP contribution is -2.26. The second-order valence-electron chi connectivity index (χ2n) is 4.39. The number of hydrogen-bond acceptors (Lipinski definition) is 3. The van der Waals surface area contributed by atoms with Gasteiger partial charge in [-0.1, -0.05) is 19.9 Å². The molecular weight excluding hydrogens is 363 g/mol. The zero-order valence-corrected chi connectivity index (χ0v) is 13.6. The second-order valence-corrected chi connectivity index (χ2v) is 7.48. The van der Waals surface area contributed by atoms with Crippen LogP contribution in [0.1, 0.15) is 20.3 Å². The van der Waals surface area contributed by atoms with Gasteiger partial charge < -0.3 is 5.32 Å². The number of sulfonamides is 1. The van der Waals surface area contributed by atoms with Gasteiger partial charge in [0.1, 0.15) is 0 Å². The van der Waals surface area contributed by atoms with Crippen molar-refractivity contribution in [3.8, 4) is 0 Å². The van der Waals surface area contributed by atoms with Gasteiger partial charge in [0.2, 0.25) is 10.0 Å². The van der Waals surface area contributed by atoms with E-state index < -0.39 is 10.0 Å². The molecule has 4 nitrogen and oxygen atoms in total. The fraction of sp³-hybridized carbons (Fsp3) is 0.500. The highest BCUT2D eigenvalue weighted by atomic mass is 127. The van der Waals surface area contributed by atoms with Crippen molar-refractivity contribution in [3.63, 3.8) is 0 Å². The first-order valence-corrected chi connectivity index (χ1v) is 8.61. The monoisotopic (exact) mass is 382 g/mol. The third-order valence-electron chi connectivity index (χ3n) is 2.24. The quantitative estimate of drug-likeness (QED) is 0.563. The minimum absolute atomic E-state index is 0.137. The van der Waals surface area contributed by atoms with Crippen molar-refractivity contribution in [3.05, 3.63) is 27.8 Å². The molecule has 0 saturated carbocycles. The van der Waals surface area contributed by atoms with Crippen molar-refractivity contribution >= 4 is 38.3 Å². The van der Waals surface area contributed by atoms with E-state index in [4.69, 9.17) is 0 Å². The van der Waals surface area contributed by atoms with Crippen LogP contribution in [-0.4, -0.2) is 26.8 Å². The maximum Gasteiger partial charge on any atom is 0.232 e. The summed E-state index contributed by atoms with van der Waals surface area (Å²) in [7, 11) is -3.24. The average Bonchev–Trinajstić information content (AvgIpc) is 2.23. The molecular formula is C12H19IN2O2S. The molecule has 0 amide bonds. The molecule has 18 heavy (non-hydrogen) atoms. The molecule has 102 valence electrons. The lowest BCUT2D eigenvalue weighted by molar-refractivity contribution is 0.571. The van der Waals surface area contributed by atoms with Gasteiger partial charge in [-0.3, -0.25) is 4.72 Å². The van der Waals surface area contributed by atoms with Crippen LogP contribution in [0.2, 0.25) is 0 Å². The number of benzene rings is 1. The zero-order valence-electron chi connectivity index (χ0n) is 10.6. The summed E-state index contributed by atoms with van der Waals surface area (Å²) in [4.78, 5) is 0. The van der Waals surface area contributed by atoms with Crippen molar-refractivity contribution < 1.29 is 8.42 Å². The van der Waals surface area contributed by atoms with Crippen molar-refractivity contribution in [2.75, 3.05) is 17.0 Å². The molecule has 1 rings (SSSR count). The number of halogens is 1. The van der Waals surface area contributed by atoms with Crippen LogP contribution in [-0.2, 0) is 10.0 Å². The molecule has 0 aliphatic rings. The second kappa shape index (κ2) is 7.30. The van der Waals surface area contributed by atoms with Gasteiger partial charge in [-0.25, -0.2) is 8.42 Å². The van der Waals surface area contributed by atoms with E-state index in [1.165, 1.54) is 0 Å². The molecule has 0 atom stereocenters. The van der Waals surface area contributed by atoms with E-state index in [1.54, 1.807) is 6.07 Å². The summed E-state index contributed by atoms with van der Waals surface area (Å²) in [5.41, 5.74) is 0.624. The molecule has 2 N–H and O–H groups in total. The Kier molecular flexibility index (Phi) is 6.37. The van der Waals surface area contributed by atoms with Crippen LogP contribution in [0.5, 0.6) is 0 Å². The third kappa shape index (κ3) is 6.55. The first kappa shape index (κ1) is 15.7. The van der Waals surface area contributed by atoms with Crippen LogP contribution in [0.4, 0.5) is 5.69 Å². The Morgan fingerprint density at radius 2 is 2.06 bits per heavy atom. The fourth-order valence-electron chi connectivity index (χ4n) is 1.44. The van der Waals surface area contributed by atoms with E-state index in [-0.39, 0.29) is 5.75 Å². The Bertz CT molecular complexity index is 475. The molecule has 0 saturated heterocycles. The van der Waals surface area contributed by atoms with E-state index in [0.717, 1.165) is 3.57 Å². The molecule has 6 heteroatoms. The average molecular weight is 382 g/mol. The van der Waals surface area contributed by atoms with Gasteiger partial charge in [-0.05, 0) is 53.8 Å². The molecule has 0 heterocycles. The van der Waals surface area contributed by atoms with Crippen LogP contribution < -0.4 is 10.0 Å². The predicted octanol–water partition coefficient (Wildman–Crippen LogP) is 2.42. The molecule has 0 fully saturated rings. The third-order valence-corrected chi connectivity index (χ3v) is 4.28. The molecule has 0 aromatic heterocycles. The highest BCUT2D eigenvalue weighted by Gasteiger charge is 2.10. The smallest absolute Gasteiger partial charge is 0.232 e. The number of nitrogens with one attached hydrogen (secondary N) is 2. The topological polar surface area (TPSA) is 58.2 Å². The Labute approximate surface area is 123 Å². The van der Waals surface area contributed by atoms with Gasteiger partial charge in [0.25, 0.3) is 0 Å². The van der Waals surface area contributed by atoms with Crippen LogP contribution in [0.25, 0.3) is 0 Å². The van der Waals surface area contributed by atoms with E-state index in [9.17, 15) is 8.42 Å². The van der Waals surface area contributed by atoms with E-state index in [2.05, 4.69) is 32.6 Å². The SMILES string of the molecule is CC(C)NCCCS(=O)(=O)Nc1cccc(I)c1. The molecule has 0 unspecified atom stereocenters. The van der Waals surface area contributed by atoms with Crippen LogP contribution in [0.3, 0.4) is 0 Å². The van der Waals surface area contributed by atoms with Crippen molar-refractivity contribution in [2.45, 2.75) is 26.3 Å². The van der Waals surface area contributed by atoms with Crippen LogP contribution in [0, 0.1) is 3.57 Å². The number of anilines is 1. The lowest BCUT2D eigenvalue weighted by Gasteiger charge is -2.10. The van der Waals surface area contributed by atoms with Gasteiger partial charge in [-0.2, -0.15) is 0 Å². The maximum absolute atomic E-state index is 11.8. The van der Waals surface area contributed by atoms with E-state index >= 15 is 0 Å². The molecule has 0 radical (unpaired) electrons. The van der Waals surface area contributed by atoms with Crippen LogP contribution in [0.15, 0.2) is 24.3 Å². The zero-order chi connectivity index (χ0) is 13.6. The predicted molar refractivity (Wildman–Crippen MR) is 84.3 cm³/mol. The van der Waals surface area contributed by atoms with Gasteiger partial charge in [0.15, 0.2) is 0 Å². The Hall–Kier alpha value is -0.340. The highest BCUT2D eigenvalue weighted by molar-refractivity contribution is 14.1. The molecule has 0 aliphatic heterocycles. The highest BCUT2D eigenvalue weighted by Crippen LogP contribution is 2.14.